The molecule has 0 fully saturated rings. The normalized spacial score (nSPS) is 13.4. The van der Waals surface area contributed by atoms with E-state index in [-0.39, 0.29) is 12.6 Å². The van der Waals surface area contributed by atoms with E-state index in [4.69, 9.17) is 5.11 Å². The van der Waals surface area contributed by atoms with Crippen LogP contribution in [0.5, 0.6) is 0 Å². The number of aliphatic carboxylic acids is 1. The number of carboxylic acid groups (broad SMARTS) is 1. The number of aryl methyl sites for hydroxylation is 1. The smallest absolute Gasteiger partial charge is 0.307 e. The maximum Gasteiger partial charge on any atom is 0.307 e. The number of para-hydroxylation sites is 1. The van der Waals surface area contributed by atoms with Crippen molar-refractivity contribution in [2.75, 3.05) is 5.09 Å². The molecule has 1 unspecified atom stereocenters. The van der Waals surface area contributed by atoms with Crippen molar-refractivity contribution in [2.24, 2.45) is 0 Å². The predicted molar refractivity (Wildman–Crippen MR) is 86.1 cm³/mol. The van der Waals surface area contributed by atoms with E-state index in [0.29, 0.717) is 11.3 Å². The third-order valence-corrected chi connectivity index (χ3v) is 4.52. The van der Waals surface area contributed by atoms with Crippen molar-refractivity contribution in [3.05, 3.63) is 65.2 Å². The highest BCUT2D eigenvalue weighted by molar-refractivity contribution is 7.58. The summed E-state index contributed by atoms with van der Waals surface area (Å²) in [5.41, 5.74) is 2.63. The Kier molecular flexibility index (Phi) is 5.01. The molecule has 116 valence electrons. The molecule has 6 heteroatoms. The summed E-state index contributed by atoms with van der Waals surface area (Å²) in [6.45, 7) is 1.92. The van der Waals surface area contributed by atoms with Crippen molar-refractivity contribution >= 4 is 19.2 Å². The van der Waals surface area contributed by atoms with Crippen LogP contribution < -0.4 is 5.09 Å². The fourth-order valence-electron chi connectivity index (χ4n) is 2.23. The highest BCUT2D eigenvalue weighted by atomic mass is 31.2. The minimum Gasteiger partial charge on any atom is -0.481 e. The van der Waals surface area contributed by atoms with Crippen LogP contribution in [0.1, 0.15) is 16.7 Å². The molecule has 0 bridgehead atoms. The number of hydrogen-bond acceptors (Lipinski definition) is 2. The van der Waals surface area contributed by atoms with Gasteiger partial charge in [0.05, 0.1) is 12.6 Å². The van der Waals surface area contributed by atoms with Crippen molar-refractivity contribution in [1.82, 2.24) is 0 Å². The molecule has 0 saturated heterocycles. The van der Waals surface area contributed by atoms with Gasteiger partial charge in [-0.3, -0.25) is 9.36 Å². The van der Waals surface area contributed by atoms with Gasteiger partial charge in [0.25, 0.3) is 7.52 Å². The summed E-state index contributed by atoms with van der Waals surface area (Å²) in [4.78, 5) is 21.0. The summed E-state index contributed by atoms with van der Waals surface area (Å²) in [6.07, 6.45) is -0.219. The van der Waals surface area contributed by atoms with E-state index in [1.165, 1.54) is 0 Å². The van der Waals surface area contributed by atoms with Crippen LogP contribution in [0.25, 0.3) is 0 Å². The molecule has 0 amide bonds. The minimum atomic E-state index is -3.67. The van der Waals surface area contributed by atoms with Crippen LogP contribution in [0.15, 0.2) is 48.5 Å². The Labute approximate surface area is 129 Å². The maximum atomic E-state index is 12.4. The van der Waals surface area contributed by atoms with E-state index >= 15 is 0 Å². The van der Waals surface area contributed by atoms with Gasteiger partial charge in [0, 0.05) is 5.69 Å². The number of anilines is 1. The second kappa shape index (κ2) is 6.77. The first-order chi connectivity index (χ1) is 10.4. The van der Waals surface area contributed by atoms with Crippen molar-refractivity contribution in [3.8, 4) is 0 Å². The first-order valence-electron chi connectivity index (χ1n) is 6.81. The van der Waals surface area contributed by atoms with Crippen LogP contribution in [-0.2, 0) is 21.9 Å². The molecule has 0 saturated carbocycles. The van der Waals surface area contributed by atoms with Crippen LogP contribution in [0, 0.1) is 6.92 Å². The molecule has 1 atom stereocenters. The number of carboxylic acids is 1. The van der Waals surface area contributed by atoms with Gasteiger partial charge in [-0.05, 0) is 24.1 Å². The zero-order valence-electron chi connectivity index (χ0n) is 12.2. The van der Waals surface area contributed by atoms with Crippen LogP contribution in [-0.4, -0.2) is 16.0 Å². The number of benzene rings is 2. The Balaban J connectivity index is 2.18. The Bertz CT molecular complexity index is 730. The lowest BCUT2D eigenvalue weighted by Gasteiger charge is -2.17. The fourth-order valence-corrected chi connectivity index (χ4v) is 3.60. The van der Waals surface area contributed by atoms with Crippen molar-refractivity contribution in [3.63, 3.8) is 0 Å². The van der Waals surface area contributed by atoms with Gasteiger partial charge in [-0.15, -0.1) is 0 Å². The molecule has 2 aromatic carbocycles. The van der Waals surface area contributed by atoms with Gasteiger partial charge >= 0.3 is 5.97 Å². The summed E-state index contributed by atoms with van der Waals surface area (Å²) in [7, 11) is -3.67. The number of hydrogen-bond donors (Lipinski definition) is 3. The lowest BCUT2D eigenvalue weighted by atomic mass is 10.1. The lowest BCUT2D eigenvalue weighted by Crippen LogP contribution is -2.06. The monoisotopic (exact) mass is 319 g/mol. The predicted octanol–water partition coefficient (Wildman–Crippen LogP) is 3.42. The van der Waals surface area contributed by atoms with E-state index < -0.39 is 13.5 Å². The van der Waals surface area contributed by atoms with E-state index in [1.54, 1.807) is 30.3 Å². The summed E-state index contributed by atoms with van der Waals surface area (Å²) in [5, 5.41) is 11.5. The SMILES string of the molecule is Cc1cccc(CP(=O)(O)Nc2ccccc2CC(=O)O)c1. The average Bonchev–Trinajstić information content (AvgIpc) is 2.39. The van der Waals surface area contributed by atoms with E-state index in [1.807, 2.05) is 25.1 Å². The Morgan fingerprint density at radius 1 is 1.18 bits per heavy atom. The first kappa shape index (κ1) is 16.3. The second-order valence-electron chi connectivity index (χ2n) is 5.19. The van der Waals surface area contributed by atoms with Gasteiger partial charge in [0.2, 0.25) is 0 Å². The standard InChI is InChI=1S/C16H18NO4P/c1-12-5-4-6-13(9-12)11-22(20,21)17-15-8-3-2-7-14(15)10-16(18)19/h2-9H,10-11H2,1H3,(H,18,19)(H2,17,20,21). The van der Waals surface area contributed by atoms with Gasteiger partial charge in [-0.25, -0.2) is 0 Å². The lowest BCUT2D eigenvalue weighted by molar-refractivity contribution is -0.136. The topological polar surface area (TPSA) is 86.6 Å². The largest absolute Gasteiger partial charge is 0.481 e. The molecule has 0 aromatic heterocycles. The fraction of sp³-hybridized carbons (Fsp3) is 0.188. The third-order valence-electron chi connectivity index (χ3n) is 3.13. The average molecular weight is 319 g/mol. The summed E-state index contributed by atoms with van der Waals surface area (Å²) < 4.78 is 12.4. The third kappa shape index (κ3) is 4.72. The minimum absolute atomic E-state index is 0.0178. The molecule has 5 nitrogen and oxygen atoms in total. The zero-order valence-corrected chi connectivity index (χ0v) is 13.1. The second-order valence-corrected chi connectivity index (χ2v) is 7.13. The molecule has 22 heavy (non-hydrogen) atoms. The van der Waals surface area contributed by atoms with Crippen molar-refractivity contribution < 1.29 is 19.4 Å². The summed E-state index contributed by atoms with van der Waals surface area (Å²) in [5.74, 6) is -0.985. The molecule has 0 radical (unpaired) electrons. The van der Waals surface area contributed by atoms with Crippen molar-refractivity contribution in [1.29, 1.82) is 0 Å². The van der Waals surface area contributed by atoms with Crippen LogP contribution in [0.4, 0.5) is 5.69 Å². The van der Waals surface area contributed by atoms with Gasteiger partial charge < -0.3 is 15.1 Å². The number of nitrogens with one attached hydrogen (secondary N) is 1. The molecule has 3 N–H and O–H groups in total. The molecule has 0 aliphatic heterocycles. The molecular weight excluding hydrogens is 301 g/mol. The number of rotatable bonds is 6. The highest BCUT2D eigenvalue weighted by Gasteiger charge is 2.20. The quantitative estimate of drug-likeness (QED) is 0.710. The van der Waals surface area contributed by atoms with Gasteiger partial charge in [-0.1, -0.05) is 48.0 Å². The van der Waals surface area contributed by atoms with Crippen LogP contribution >= 0.6 is 7.52 Å². The number of carbonyl (C=O) groups is 1. The highest BCUT2D eigenvalue weighted by Crippen LogP contribution is 2.45. The molecule has 2 aromatic rings. The van der Waals surface area contributed by atoms with Gasteiger partial charge in [0.15, 0.2) is 0 Å². The van der Waals surface area contributed by atoms with E-state index in [0.717, 1.165) is 11.1 Å². The molecule has 0 aliphatic rings. The van der Waals surface area contributed by atoms with Crippen molar-refractivity contribution in [2.45, 2.75) is 19.5 Å². The maximum absolute atomic E-state index is 12.4. The van der Waals surface area contributed by atoms with Crippen LogP contribution in [0.2, 0.25) is 0 Å². The van der Waals surface area contributed by atoms with E-state index in [9.17, 15) is 14.3 Å². The Morgan fingerprint density at radius 2 is 1.91 bits per heavy atom. The molecule has 0 heterocycles. The Hall–Kier alpha value is -2.10. The van der Waals surface area contributed by atoms with Gasteiger partial charge in [0.1, 0.15) is 0 Å². The first-order valence-corrected chi connectivity index (χ1v) is 8.65. The zero-order chi connectivity index (χ0) is 16.2. The summed E-state index contributed by atoms with van der Waals surface area (Å²) >= 11 is 0. The molecule has 2 rings (SSSR count). The van der Waals surface area contributed by atoms with E-state index in [2.05, 4.69) is 5.09 Å². The molecular formula is C16H18NO4P. The molecule has 0 spiro atoms. The van der Waals surface area contributed by atoms with Gasteiger partial charge in [-0.2, -0.15) is 0 Å². The Morgan fingerprint density at radius 3 is 2.59 bits per heavy atom. The van der Waals surface area contributed by atoms with Crippen LogP contribution in [0.3, 0.4) is 0 Å². The molecule has 0 aliphatic carbocycles. The summed E-state index contributed by atoms with van der Waals surface area (Å²) in [6, 6.07) is 14.0.